The number of aromatic nitrogens is 3. The Morgan fingerprint density at radius 1 is 1.28 bits per heavy atom. The summed E-state index contributed by atoms with van der Waals surface area (Å²) in [7, 11) is 0. The molecule has 1 aromatic carbocycles. The third-order valence-electron chi connectivity index (χ3n) is 5.09. The van der Waals surface area contributed by atoms with Crippen LogP contribution in [0.25, 0.3) is 21.1 Å². The fourth-order valence-corrected chi connectivity index (χ4v) is 4.49. The molecular formula is C21H18N4O3S. The van der Waals surface area contributed by atoms with Gasteiger partial charge in [-0.15, -0.1) is 11.3 Å². The van der Waals surface area contributed by atoms with Crippen LogP contribution in [0.2, 0.25) is 0 Å². The number of hydrogen-bond donors (Lipinski definition) is 2. The average molecular weight is 406 g/mol. The third-order valence-corrected chi connectivity index (χ3v) is 5.99. The van der Waals surface area contributed by atoms with Crippen LogP contribution < -0.4 is 10.1 Å². The zero-order chi connectivity index (χ0) is 19.8. The van der Waals surface area contributed by atoms with Gasteiger partial charge in [0.2, 0.25) is 0 Å². The Bertz CT molecular complexity index is 1210. The predicted molar refractivity (Wildman–Crippen MR) is 111 cm³/mol. The summed E-state index contributed by atoms with van der Waals surface area (Å²) in [6.07, 6.45) is 6.52. The lowest BCUT2D eigenvalue weighted by Gasteiger charge is -2.18. The number of aliphatic hydroxyl groups excluding tert-OH is 1. The number of hydrogen-bond acceptors (Lipinski definition) is 7. The van der Waals surface area contributed by atoms with E-state index in [1.165, 1.54) is 17.7 Å². The van der Waals surface area contributed by atoms with Crippen LogP contribution in [-0.4, -0.2) is 38.2 Å². The number of rotatable bonds is 4. The maximum absolute atomic E-state index is 13.0. The predicted octanol–water partition coefficient (Wildman–Crippen LogP) is 3.78. The number of aliphatic hydroxyl groups is 1. The summed E-state index contributed by atoms with van der Waals surface area (Å²) in [5.41, 5.74) is 2.49. The fourth-order valence-electron chi connectivity index (χ4n) is 3.63. The lowest BCUT2D eigenvalue weighted by molar-refractivity contribution is 0.102. The summed E-state index contributed by atoms with van der Waals surface area (Å²) in [6.45, 7) is 0. The van der Waals surface area contributed by atoms with E-state index < -0.39 is 0 Å². The van der Waals surface area contributed by atoms with Gasteiger partial charge in [0.05, 0.1) is 33.1 Å². The molecule has 0 spiro atoms. The molecule has 7 nitrogen and oxygen atoms in total. The highest BCUT2D eigenvalue weighted by Crippen LogP contribution is 2.34. The van der Waals surface area contributed by atoms with Crippen LogP contribution in [0.3, 0.4) is 0 Å². The molecule has 146 valence electrons. The number of nitrogens with one attached hydrogen (secondary N) is 1. The molecular weight excluding hydrogens is 388 g/mol. The van der Waals surface area contributed by atoms with Crippen molar-refractivity contribution in [1.82, 2.24) is 15.0 Å². The number of pyridine rings is 1. The highest BCUT2D eigenvalue weighted by molar-refractivity contribution is 7.17. The molecule has 2 unspecified atom stereocenters. The van der Waals surface area contributed by atoms with Crippen molar-refractivity contribution in [3.05, 3.63) is 53.9 Å². The Morgan fingerprint density at radius 3 is 3.07 bits per heavy atom. The second kappa shape index (κ2) is 7.38. The van der Waals surface area contributed by atoms with Crippen molar-refractivity contribution in [1.29, 1.82) is 0 Å². The van der Waals surface area contributed by atoms with E-state index in [0.717, 1.165) is 28.4 Å². The van der Waals surface area contributed by atoms with Crippen LogP contribution >= 0.6 is 11.3 Å². The minimum Gasteiger partial charge on any atom is -0.488 e. The van der Waals surface area contributed by atoms with Gasteiger partial charge in [0.1, 0.15) is 18.2 Å². The number of fused-ring (bicyclic) bond motifs is 2. The molecule has 8 heteroatoms. The summed E-state index contributed by atoms with van der Waals surface area (Å²) >= 11 is 1.43. The van der Waals surface area contributed by atoms with E-state index >= 15 is 0 Å². The van der Waals surface area contributed by atoms with E-state index in [4.69, 9.17) is 4.74 Å². The smallest absolute Gasteiger partial charge is 0.258 e. The van der Waals surface area contributed by atoms with Crippen molar-refractivity contribution in [2.75, 3.05) is 5.32 Å². The molecule has 2 N–H and O–H groups in total. The molecule has 1 aliphatic carbocycles. The first-order valence-corrected chi connectivity index (χ1v) is 10.3. The fraction of sp³-hybridized carbons (Fsp3) is 0.238. The van der Waals surface area contributed by atoms with E-state index in [-0.39, 0.29) is 18.1 Å². The molecule has 3 heterocycles. The number of nitrogens with zero attached hydrogens (tertiary/aromatic N) is 3. The lowest BCUT2D eigenvalue weighted by atomic mass is 10.1. The Hall–Kier alpha value is -3.10. The molecule has 1 fully saturated rings. The molecule has 0 saturated heterocycles. The molecule has 1 saturated carbocycles. The van der Waals surface area contributed by atoms with Crippen molar-refractivity contribution in [2.24, 2.45) is 0 Å². The molecule has 2 atom stereocenters. The quantitative estimate of drug-likeness (QED) is 0.535. The van der Waals surface area contributed by atoms with Crippen molar-refractivity contribution in [3.63, 3.8) is 0 Å². The summed E-state index contributed by atoms with van der Waals surface area (Å²) in [5.74, 6) is 0.298. The summed E-state index contributed by atoms with van der Waals surface area (Å²) < 4.78 is 7.01. The van der Waals surface area contributed by atoms with E-state index in [0.29, 0.717) is 28.9 Å². The first kappa shape index (κ1) is 18.0. The summed E-state index contributed by atoms with van der Waals surface area (Å²) in [5, 5.41) is 15.5. The van der Waals surface area contributed by atoms with E-state index in [2.05, 4.69) is 20.3 Å². The topological polar surface area (TPSA) is 97.2 Å². The van der Waals surface area contributed by atoms with Gasteiger partial charge in [-0.3, -0.25) is 9.78 Å². The van der Waals surface area contributed by atoms with Crippen LogP contribution in [0, 0.1) is 0 Å². The van der Waals surface area contributed by atoms with Crippen LogP contribution in [-0.2, 0) is 0 Å². The van der Waals surface area contributed by atoms with Gasteiger partial charge in [0, 0.05) is 35.6 Å². The maximum atomic E-state index is 13.0. The van der Waals surface area contributed by atoms with Crippen LogP contribution in [0.1, 0.15) is 29.6 Å². The van der Waals surface area contributed by atoms with Crippen molar-refractivity contribution in [3.8, 4) is 5.75 Å². The molecule has 0 radical (unpaired) electrons. The van der Waals surface area contributed by atoms with Gasteiger partial charge in [0.25, 0.3) is 5.91 Å². The number of carbonyl (C=O) groups excluding carboxylic acids is 1. The molecule has 1 amide bonds. The first-order valence-electron chi connectivity index (χ1n) is 9.39. The lowest BCUT2D eigenvalue weighted by Crippen LogP contribution is -2.17. The number of carbonyl (C=O) groups is 1. The first-order chi connectivity index (χ1) is 14.2. The number of thiophene rings is 1. The number of benzene rings is 1. The van der Waals surface area contributed by atoms with Gasteiger partial charge < -0.3 is 15.2 Å². The molecule has 29 heavy (non-hydrogen) atoms. The zero-order valence-electron chi connectivity index (χ0n) is 15.4. The minimum atomic E-state index is -0.339. The highest BCUT2D eigenvalue weighted by Gasteiger charge is 2.26. The normalized spacial score (nSPS) is 18.9. The standard InChI is InChI=1S/C21H18N4O3S/c26-13-3-4-14(7-13)28-18-8-16-12(2-1-5-23-16)6-17(18)25-21(27)15-10-29-19-9-22-11-24-20(15)19/h1-2,5-6,8-11,13-14,26H,3-4,7H2,(H,25,27). The molecule has 5 rings (SSSR count). The molecule has 0 bridgehead atoms. The van der Waals surface area contributed by atoms with Gasteiger partial charge in [-0.2, -0.15) is 0 Å². The number of amides is 1. The molecule has 1 aliphatic rings. The highest BCUT2D eigenvalue weighted by atomic mass is 32.1. The number of anilines is 1. The van der Waals surface area contributed by atoms with Crippen LogP contribution in [0.4, 0.5) is 5.69 Å². The Morgan fingerprint density at radius 2 is 2.21 bits per heavy atom. The van der Waals surface area contributed by atoms with E-state index in [9.17, 15) is 9.90 Å². The monoisotopic (exact) mass is 406 g/mol. The van der Waals surface area contributed by atoms with E-state index in [1.54, 1.807) is 17.8 Å². The van der Waals surface area contributed by atoms with Gasteiger partial charge in [0.15, 0.2) is 0 Å². The Kier molecular flexibility index (Phi) is 4.57. The van der Waals surface area contributed by atoms with Crippen LogP contribution in [0.5, 0.6) is 5.75 Å². The van der Waals surface area contributed by atoms with Crippen molar-refractivity contribution in [2.45, 2.75) is 31.5 Å². The van der Waals surface area contributed by atoms with Gasteiger partial charge in [-0.1, -0.05) is 6.07 Å². The van der Waals surface area contributed by atoms with Gasteiger partial charge >= 0.3 is 0 Å². The maximum Gasteiger partial charge on any atom is 0.258 e. The van der Waals surface area contributed by atoms with Crippen molar-refractivity contribution < 1.29 is 14.6 Å². The zero-order valence-corrected chi connectivity index (χ0v) is 16.2. The summed E-state index contributed by atoms with van der Waals surface area (Å²) in [4.78, 5) is 25.6. The molecule has 0 aliphatic heterocycles. The largest absolute Gasteiger partial charge is 0.488 e. The molecule has 3 aromatic heterocycles. The van der Waals surface area contributed by atoms with Gasteiger partial charge in [-0.05, 0) is 25.0 Å². The SMILES string of the molecule is O=C(Nc1cc2cccnc2cc1OC1CCC(O)C1)c1csc2cncnc12. The second-order valence-electron chi connectivity index (χ2n) is 7.09. The minimum absolute atomic E-state index is 0.0865. The summed E-state index contributed by atoms with van der Waals surface area (Å²) in [6, 6.07) is 7.49. The Labute approximate surface area is 170 Å². The molecule has 4 aromatic rings. The van der Waals surface area contributed by atoms with E-state index in [1.807, 2.05) is 24.3 Å². The second-order valence-corrected chi connectivity index (χ2v) is 8.00. The number of ether oxygens (including phenoxy) is 1. The Balaban J connectivity index is 1.50. The van der Waals surface area contributed by atoms with Crippen molar-refractivity contribution >= 4 is 44.1 Å². The average Bonchev–Trinajstić information content (AvgIpc) is 3.34. The van der Waals surface area contributed by atoms with Crippen LogP contribution in [0.15, 0.2) is 48.4 Å². The van der Waals surface area contributed by atoms with Gasteiger partial charge in [-0.25, -0.2) is 9.97 Å². The third kappa shape index (κ3) is 3.52.